The van der Waals surface area contributed by atoms with Crippen LogP contribution in [-0.4, -0.2) is 20.5 Å². The second-order valence-corrected chi connectivity index (χ2v) is 7.61. The van der Waals surface area contributed by atoms with Crippen LogP contribution in [0.25, 0.3) is 0 Å². The molecule has 5 nitrogen and oxygen atoms in total. The molecule has 0 amide bonds. The van der Waals surface area contributed by atoms with Crippen molar-refractivity contribution in [3.05, 3.63) is 88.7 Å². The highest BCUT2D eigenvalue weighted by molar-refractivity contribution is 5.84. The quantitative estimate of drug-likeness (QED) is 0.627. The van der Waals surface area contributed by atoms with Crippen molar-refractivity contribution >= 4 is 5.71 Å². The fraction of sp³-hybridized carbons (Fsp3) is 0.292. The Kier molecular flexibility index (Phi) is 5.18. The van der Waals surface area contributed by atoms with E-state index in [1.807, 2.05) is 66.9 Å². The highest BCUT2D eigenvalue weighted by atomic mass is 15.5. The highest BCUT2D eigenvalue weighted by Gasteiger charge is 2.35. The maximum absolute atomic E-state index is 10.1. The van der Waals surface area contributed by atoms with Gasteiger partial charge in [0.2, 0.25) is 0 Å². The zero-order valence-electron chi connectivity index (χ0n) is 17.1. The van der Waals surface area contributed by atoms with E-state index in [1.165, 1.54) is 11.1 Å². The molecule has 0 unspecified atom stereocenters. The van der Waals surface area contributed by atoms with E-state index in [0.717, 1.165) is 29.1 Å². The van der Waals surface area contributed by atoms with Crippen LogP contribution in [0.1, 0.15) is 53.5 Å². The first kappa shape index (κ1) is 18.9. The van der Waals surface area contributed by atoms with Crippen LogP contribution in [0.3, 0.4) is 0 Å². The summed E-state index contributed by atoms with van der Waals surface area (Å²) in [5, 5.41) is 21.6. The molecule has 146 valence electrons. The van der Waals surface area contributed by atoms with Crippen molar-refractivity contribution in [1.82, 2.24) is 14.8 Å². The third-order valence-electron chi connectivity index (χ3n) is 5.55. The molecule has 0 radical (unpaired) electrons. The third-order valence-corrected chi connectivity index (χ3v) is 5.55. The fourth-order valence-corrected chi connectivity index (χ4v) is 4.14. The van der Waals surface area contributed by atoms with Crippen molar-refractivity contribution in [3.8, 4) is 6.07 Å². The van der Waals surface area contributed by atoms with Gasteiger partial charge in [0.05, 0.1) is 24.3 Å². The average molecular weight is 383 g/mol. The molecule has 4 rings (SSSR count). The Balaban J connectivity index is 1.70. The van der Waals surface area contributed by atoms with Crippen LogP contribution in [0.4, 0.5) is 0 Å². The van der Waals surface area contributed by atoms with E-state index in [4.69, 9.17) is 10.2 Å². The number of hydrazone groups is 1. The molecule has 2 heterocycles. The van der Waals surface area contributed by atoms with Crippen molar-refractivity contribution in [2.75, 3.05) is 0 Å². The Morgan fingerprint density at radius 2 is 1.69 bits per heavy atom. The lowest BCUT2D eigenvalue weighted by Crippen LogP contribution is -2.25. The average Bonchev–Trinajstić information content (AvgIpc) is 3.25. The molecule has 5 heteroatoms. The van der Waals surface area contributed by atoms with Gasteiger partial charge in [-0.05, 0) is 31.9 Å². The summed E-state index contributed by atoms with van der Waals surface area (Å²) in [5.41, 5.74) is 6.28. The van der Waals surface area contributed by atoms with Crippen LogP contribution >= 0.6 is 0 Å². The molecule has 0 aliphatic carbocycles. The van der Waals surface area contributed by atoms with Gasteiger partial charge in [0.1, 0.15) is 0 Å². The van der Waals surface area contributed by atoms with Crippen LogP contribution in [0.15, 0.2) is 65.8 Å². The Hall–Kier alpha value is -3.39. The lowest BCUT2D eigenvalue weighted by molar-refractivity contribution is 0.195. The maximum Gasteiger partial charge on any atom is 0.162 e. The smallest absolute Gasteiger partial charge is 0.162 e. The number of aromatic nitrogens is 2. The maximum atomic E-state index is 10.1. The molecule has 0 N–H and O–H groups in total. The van der Waals surface area contributed by atoms with E-state index in [2.05, 4.69) is 30.3 Å². The number of hydrogen-bond donors (Lipinski definition) is 0. The predicted octanol–water partition coefficient (Wildman–Crippen LogP) is 4.94. The van der Waals surface area contributed by atoms with Gasteiger partial charge in [-0.15, -0.1) is 0 Å². The van der Waals surface area contributed by atoms with E-state index in [-0.39, 0.29) is 6.04 Å². The molecule has 0 bridgehead atoms. The summed E-state index contributed by atoms with van der Waals surface area (Å²) >= 11 is 0. The number of rotatable bonds is 5. The largest absolute Gasteiger partial charge is 0.267 e. The lowest BCUT2D eigenvalue weighted by Gasteiger charge is -2.28. The minimum absolute atomic E-state index is 0.0668. The first-order valence-corrected chi connectivity index (χ1v) is 9.93. The van der Waals surface area contributed by atoms with E-state index in [9.17, 15) is 5.26 Å². The SMILES string of the molecule is CC1=NN([C@H](C#N)c2c(C)nn(Cc3ccccc3)c2C)[C@@H](c2ccccc2)C1. The van der Waals surface area contributed by atoms with Crippen LogP contribution in [-0.2, 0) is 6.54 Å². The number of benzene rings is 2. The summed E-state index contributed by atoms with van der Waals surface area (Å²) < 4.78 is 1.99. The molecule has 0 fully saturated rings. The highest BCUT2D eigenvalue weighted by Crippen LogP contribution is 2.39. The van der Waals surface area contributed by atoms with Gasteiger partial charge in [0, 0.05) is 23.4 Å². The molecule has 2 atom stereocenters. The summed E-state index contributed by atoms with van der Waals surface area (Å²) in [6.45, 7) is 6.75. The fourth-order valence-electron chi connectivity index (χ4n) is 4.14. The first-order valence-electron chi connectivity index (χ1n) is 9.93. The number of nitrogens with zero attached hydrogens (tertiary/aromatic N) is 5. The van der Waals surface area contributed by atoms with Crippen molar-refractivity contribution < 1.29 is 0 Å². The summed E-state index contributed by atoms with van der Waals surface area (Å²) in [4.78, 5) is 0. The number of aryl methyl sites for hydroxylation is 1. The standard InChI is InChI=1S/C24H25N5/c1-17-14-22(21-12-8-5-9-13-21)29(26-17)23(15-25)24-18(2)27-28(19(24)3)16-20-10-6-4-7-11-20/h4-13,22-23H,14,16H2,1-3H3/t22-,23-/m1/s1. The van der Waals surface area contributed by atoms with Gasteiger partial charge in [0.15, 0.2) is 6.04 Å². The number of nitriles is 1. The molecule has 1 aromatic heterocycles. The van der Waals surface area contributed by atoms with Gasteiger partial charge in [-0.1, -0.05) is 60.7 Å². The van der Waals surface area contributed by atoms with E-state index >= 15 is 0 Å². The van der Waals surface area contributed by atoms with Crippen LogP contribution in [0.5, 0.6) is 0 Å². The van der Waals surface area contributed by atoms with Gasteiger partial charge >= 0.3 is 0 Å². The van der Waals surface area contributed by atoms with Crippen LogP contribution < -0.4 is 0 Å². The third kappa shape index (κ3) is 3.66. The van der Waals surface area contributed by atoms with Crippen molar-refractivity contribution in [3.63, 3.8) is 0 Å². The summed E-state index contributed by atoms with van der Waals surface area (Å²) in [6.07, 6.45) is 0.832. The van der Waals surface area contributed by atoms with E-state index in [1.54, 1.807) is 0 Å². The van der Waals surface area contributed by atoms with Crippen molar-refractivity contribution in [1.29, 1.82) is 5.26 Å². The van der Waals surface area contributed by atoms with Gasteiger partial charge in [0.25, 0.3) is 0 Å². The second-order valence-electron chi connectivity index (χ2n) is 7.61. The zero-order chi connectivity index (χ0) is 20.4. The summed E-state index contributed by atoms with van der Waals surface area (Å²) in [7, 11) is 0. The van der Waals surface area contributed by atoms with Crippen molar-refractivity contribution in [2.45, 2.75) is 45.8 Å². The summed E-state index contributed by atoms with van der Waals surface area (Å²) in [6, 6.07) is 22.7. The molecule has 0 spiro atoms. The van der Waals surface area contributed by atoms with Crippen molar-refractivity contribution in [2.24, 2.45) is 5.10 Å². The van der Waals surface area contributed by atoms with Crippen LogP contribution in [0.2, 0.25) is 0 Å². The predicted molar refractivity (Wildman–Crippen MR) is 114 cm³/mol. The minimum atomic E-state index is -0.470. The molecule has 29 heavy (non-hydrogen) atoms. The molecular formula is C24H25N5. The molecule has 1 aliphatic heterocycles. The zero-order valence-corrected chi connectivity index (χ0v) is 17.1. The van der Waals surface area contributed by atoms with Gasteiger partial charge in [-0.3, -0.25) is 9.69 Å². The van der Waals surface area contributed by atoms with Gasteiger partial charge in [-0.2, -0.15) is 15.5 Å². The Morgan fingerprint density at radius 1 is 1.03 bits per heavy atom. The number of hydrogen-bond acceptors (Lipinski definition) is 4. The topological polar surface area (TPSA) is 57.2 Å². The molecule has 1 aliphatic rings. The molecular weight excluding hydrogens is 358 g/mol. The van der Waals surface area contributed by atoms with E-state index in [0.29, 0.717) is 6.54 Å². The molecule has 0 saturated heterocycles. The molecule has 0 saturated carbocycles. The molecule has 3 aromatic rings. The Labute approximate surface area is 171 Å². The minimum Gasteiger partial charge on any atom is -0.267 e. The lowest BCUT2D eigenvalue weighted by atomic mass is 9.98. The van der Waals surface area contributed by atoms with Crippen LogP contribution in [0, 0.1) is 25.2 Å². The second kappa shape index (κ2) is 7.92. The van der Waals surface area contributed by atoms with Gasteiger partial charge < -0.3 is 0 Å². The summed E-state index contributed by atoms with van der Waals surface area (Å²) in [5.74, 6) is 0. The Morgan fingerprint density at radius 3 is 2.34 bits per heavy atom. The molecule has 2 aromatic carbocycles. The van der Waals surface area contributed by atoms with E-state index < -0.39 is 6.04 Å². The Bertz CT molecular complexity index is 1060. The van der Waals surface area contributed by atoms with Gasteiger partial charge in [-0.25, -0.2) is 0 Å². The normalized spacial score (nSPS) is 17.1. The monoisotopic (exact) mass is 383 g/mol. The first-order chi connectivity index (χ1) is 14.1.